The first-order valence-electron chi connectivity index (χ1n) is 6.62. The Balaban J connectivity index is 2.64. The lowest BCUT2D eigenvalue weighted by Gasteiger charge is -2.37. The van der Waals surface area contributed by atoms with Gasteiger partial charge in [-0.25, -0.2) is 4.79 Å². The lowest BCUT2D eigenvalue weighted by atomic mass is 10.0. The topological polar surface area (TPSA) is 32.8 Å². The summed E-state index contributed by atoms with van der Waals surface area (Å²) in [6.07, 6.45) is 3.55. The van der Waals surface area contributed by atoms with Crippen LogP contribution in [0.15, 0.2) is 12.7 Å². The molecule has 1 heterocycles. The highest BCUT2D eigenvalue weighted by atomic mass is 16.6. The van der Waals surface area contributed by atoms with E-state index in [2.05, 4.69) is 18.5 Å². The predicted molar refractivity (Wildman–Crippen MR) is 73.7 cm³/mol. The van der Waals surface area contributed by atoms with Crippen molar-refractivity contribution >= 4 is 6.09 Å². The Bertz CT molecular complexity index is 289. The molecule has 0 bridgehead atoms. The van der Waals surface area contributed by atoms with Gasteiger partial charge in [0.25, 0.3) is 0 Å². The summed E-state index contributed by atoms with van der Waals surface area (Å²) in [5.74, 6) is 0. The van der Waals surface area contributed by atoms with Gasteiger partial charge in [0.15, 0.2) is 0 Å². The van der Waals surface area contributed by atoms with E-state index in [4.69, 9.17) is 4.74 Å². The molecule has 104 valence electrons. The van der Waals surface area contributed by atoms with Gasteiger partial charge in [0.2, 0.25) is 0 Å². The van der Waals surface area contributed by atoms with Crippen LogP contribution < -0.4 is 0 Å². The zero-order chi connectivity index (χ0) is 13.8. The number of carbonyl (C=O) groups excluding carboxylic acids is 1. The highest BCUT2D eigenvalue weighted by Gasteiger charge is 2.29. The molecule has 0 spiro atoms. The minimum Gasteiger partial charge on any atom is -0.444 e. The highest BCUT2D eigenvalue weighted by Crippen LogP contribution is 2.19. The van der Waals surface area contributed by atoms with Crippen molar-refractivity contribution in [1.29, 1.82) is 0 Å². The van der Waals surface area contributed by atoms with E-state index >= 15 is 0 Å². The zero-order valence-electron chi connectivity index (χ0n) is 12.1. The highest BCUT2D eigenvalue weighted by molar-refractivity contribution is 5.68. The molecule has 18 heavy (non-hydrogen) atoms. The summed E-state index contributed by atoms with van der Waals surface area (Å²) in [4.78, 5) is 16.3. The summed E-state index contributed by atoms with van der Waals surface area (Å²) < 4.78 is 5.46. The van der Waals surface area contributed by atoms with Crippen LogP contribution in [0.2, 0.25) is 0 Å². The lowest BCUT2D eigenvalue weighted by molar-refractivity contribution is 0.0124. The molecule has 4 heteroatoms. The van der Waals surface area contributed by atoms with E-state index in [9.17, 15) is 4.79 Å². The molecule has 0 N–H and O–H groups in total. The van der Waals surface area contributed by atoms with Gasteiger partial charge in [-0.3, -0.25) is 0 Å². The van der Waals surface area contributed by atoms with E-state index in [0.29, 0.717) is 6.54 Å². The minimum absolute atomic E-state index is 0.225. The molecule has 1 rings (SSSR count). The summed E-state index contributed by atoms with van der Waals surface area (Å²) in [5, 5.41) is 0. The molecular formula is C14H26N2O2. The summed E-state index contributed by atoms with van der Waals surface area (Å²) in [5.41, 5.74) is -0.442. The largest absolute Gasteiger partial charge is 0.444 e. The molecule has 1 aliphatic rings. The number of ether oxygens (including phenoxy) is 1. The molecule has 1 aliphatic heterocycles. The number of rotatable bonds is 3. The Kier molecular flexibility index (Phi) is 5.20. The maximum atomic E-state index is 12.2. The van der Waals surface area contributed by atoms with Gasteiger partial charge in [-0.1, -0.05) is 6.08 Å². The number of nitrogens with zero attached hydrogens (tertiary/aromatic N) is 2. The fraction of sp³-hybridized carbons (Fsp3) is 0.786. The molecule has 1 saturated heterocycles. The second-order valence-electron chi connectivity index (χ2n) is 5.96. The van der Waals surface area contributed by atoms with Gasteiger partial charge in [0.05, 0.1) is 0 Å². The van der Waals surface area contributed by atoms with Crippen LogP contribution in [0.25, 0.3) is 0 Å². The molecule has 0 aromatic heterocycles. The van der Waals surface area contributed by atoms with Crippen LogP contribution in [0.5, 0.6) is 0 Å². The van der Waals surface area contributed by atoms with Gasteiger partial charge < -0.3 is 14.5 Å². The third-order valence-corrected chi connectivity index (χ3v) is 3.08. The van der Waals surface area contributed by atoms with E-state index in [0.717, 1.165) is 25.9 Å². The number of hydrogen-bond donors (Lipinski definition) is 0. The van der Waals surface area contributed by atoms with Crippen LogP contribution >= 0.6 is 0 Å². The number of piperidine rings is 1. The quantitative estimate of drug-likeness (QED) is 0.725. The van der Waals surface area contributed by atoms with E-state index < -0.39 is 5.60 Å². The van der Waals surface area contributed by atoms with E-state index in [1.807, 2.05) is 25.7 Å². The van der Waals surface area contributed by atoms with Gasteiger partial charge in [-0.15, -0.1) is 6.58 Å². The Hall–Kier alpha value is -1.03. The first-order chi connectivity index (χ1) is 8.33. The molecular weight excluding hydrogens is 228 g/mol. The molecule has 4 nitrogen and oxygen atoms in total. The molecule has 0 unspecified atom stereocenters. The van der Waals surface area contributed by atoms with Gasteiger partial charge in [-0.05, 0) is 53.8 Å². The molecule has 0 saturated carbocycles. The van der Waals surface area contributed by atoms with Crippen molar-refractivity contribution in [2.75, 3.05) is 26.7 Å². The summed E-state index contributed by atoms with van der Waals surface area (Å²) >= 11 is 0. The molecule has 0 aromatic carbocycles. The van der Waals surface area contributed by atoms with Gasteiger partial charge >= 0.3 is 6.09 Å². The Morgan fingerprint density at radius 2 is 2.00 bits per heavy atom. The number of likely N-dealkylation sites (tertiary alicyclic amines) is 1. The van der Waals surface area contributed by atoms with E-state index in [1.54, 1.807) is 6.08 Å². The normalized spacial score (nSPS) is 18.4. The smallest absolute Gasteiger partial charge is 0.410 e. The van der Waals surface area contributed by atoms with Crippen molar-refractivity contribution in [1.82, 2.24) is 9.80 Å². The minimum atomic E-state index is -0.442. The third-order valence-electron chi connectivity index (χ3n) is 3.08. The Labute approximate surface area is 111 Å². The fourth-order valence-corrected chi connectivity index (χ4v) is 2.14. The van der Waals surface area contributed by atoms with Gasteiger partial charge in [-0.2, -0.15) is 0 Å². The molecule has 0 aliphatic carbocycles. The third kappa shape index (κ3) is 4.69. The standard InChI is InChI=1S/C14H26N2O2/c1-6-9-16(13(17)18-14(2,3)4)12-7-10-15(5)11-8-12/h6,12H,1,7-11H2,2-5H3. The molecule has 0 aromatic rings. The maximum absolute atomic E-state index is 12.2. The van der Waals surface area contributed by atoms with Gasteiger partial charge in [0, 0.05) is 12.6 Å². The van der Waals surface area contributed by atoms with Crippen molar-refractivity contribution in [3.63, 3.8) is 0 Å². The average Bonchev–Trinajstić information content (AvgIpc) is 2.25. The first kappa shape index (κ1) is 15.0. The van der Waals surface area contributed by atoms with E-state index in [-0.39, 0.29) is 12.1 Å². The van der Waals surface area contributed by atoms with Crippen LogP contribution in [0.4, 0.5) is 4.79 Å². The van der Waals surface area contributed by atoms with Crippen molar-refractivity contribution in [2.24, 2.45) is 0 Å². The Morgan fingerprint density at radius 3 is 2.44 bits per heavy atom. The number of amides is 1. The Morgan fingerprint density at radius 1 is 1.44 bits per heavy atom. The van der Waals surface area contributed by atoms with E-state index in [1.165, 1.54) is 0 Å². The van der Waals surface area contributed by atoms with Crippen molar-refractivity contribution in [2.45, 2.75) is 45.3 Å². The monoisotopic (exact) mass is 254 g/mol. The molecule has 1 fully saturated rings. The summed E-state index contributed by atoms with van der Waals surface area (Å²) in [6, 6.07) is 0.272. The van der Waals surface area contributed by atoms with Crippen molar-refractivity contribution in [3.8, 4) is 0 Å². The second-order valence-corrected chi connectivity index (χ2v) is 5.96. The van der Waals surface area contributed by atoms with Gasteiger partial charge in [0.1, 0.15) is 5.60 Å². The second kappa shape index (κ2) is 6.23. The summed E-state index contributed by atoms with van der Waals surface area (Å²) in [6.45, 7) is 12.0. The SMILES string of the molecule is C=CCN(C(=O)OC(C)(C)C)C1CCN(C)CC1. The number of carbonyl (C=O) groups is 1. The lowest BCUT2D eigenvalue weighted by Crippen LogP contribution is -2.48. The molecule has 1 amide bonds. The molecule has 0 atom stereocenters. The van der Waals surface area contributed by atoms with Crippen molar-refractivity contribution < 1.29 is 9.53 Å². The zero-order valence-corrected chi connectivity index (χ0v) is 12.1. The predicted octanol–water partition coefficient (Wildman–Crippen LogP) is 2.50. The van der Waals surface area contributed by atoms with Crippen LogP contribution in [-0.2, 0) is 4.74 Å². The fourth-order valence-electron chi connectivity index (χ4n) is 2.14. The first-order valence-corrected chi connectivity index (χ1v) is 6.62. The maximum Gasteiger partial charge on any atom is 0.410 e. The average molecular weight is 254 g/mol. The van der Waals surface area contributed by atoms with Crippen LogP contribution in [0.3, 0.4) is 0 Å². The van der Waals surface area contributed by atoms with Crippen molar-refractivity contribution in [3.05, 3.63) is 12.7 Å². The number of hydrogen-bond acceptors (Lipinski definition) is 3. The summed E-state index contributed by atoms with van der Waals surface area (Å²) in [7, 11) is 2.11. The molecule has 0 radical (unpaired) electrons. The van der Waals surface area contributed by atoms with Crippen LogP contribution in [0, 0.1) is 0 Å². The van der Waals surface area contributed by atoms with Crippen LogP contribution in [-0.4, -0.2) is 54.2 Å². The van der Waals surface area contributed by atoms with Crippen LogP contribution in [0.1, 0.15) is 33.6 Å².